The van der Waals surface area contributed by atoms with E-state index in [4.69, 9.17) is 0 Å². The molecule has 4 nitrogen and oxygen atoms in total. The van der Waals surface area contributed by atoms with Crippen molar-refractivity contribution in [2.45, 2.75) is 299 Å². The highest BCUT2D eigenvalue weighted by Gasteiger charge is 2.47. The van der Waals surface area contributed by atoms with Crippen molar-refractivity contribution in [3.63, 3.8) is 0 Å². The summed E-state index contributed by atoms with van der Waals surface area (Å²) in [5.41, 5.74) is 6.11. The van der Waals surface area contributed by atoms with Crippen LogP contribution in [0.1, 0.15) is 303 Å². The monoisotopic (exact) mass is 1350 g/mol. The zero-order valence-electron chi connectivity index (χ0n) is 58.5. The van der Waals surface area contributed by atoms with Crippen molar-refractivity contribution < 1.29 is 9.59 Å². The predicted octanol–water partition coefficient (Wildman–Crippen LogP) is 28.2. The minimum atomic E-state index is 0.0547. The van der Waals surface area contributed by atoms with Crippen LogP contribution < -0.4 is 0 Å². The molecule has 10 heteroatoms. The lowest BCUT2D eigenvalue weighted by atomic mass is 9.94. The quantitative estimate of drug-likeness (QED) is 0.0357. The molecule has 0 saturated heterocycles. The van der Waals surface area contributed by atoms with Crippen LogP contribution in [0.2, 0.25) is 0 Å². The van der Waals surface area contributed by atoms with Crippen LogP contribution in [0.15, 0.2) is 83.2 Å². The lowest BCUT2D eigenvalue weighted by Crippen LogP contribution is -2.32. The van der Waals surface area contributed by atoms with Crippen molar-refractivity contribution >= 4 is 101 Å². The first-order valence-corrected chi connectivity index (χ1v) is 42.4. The van der Waals surface area contributed by atoms with Gasteiger partial charge in [0.1, 0.15) is 0 Å². The van der Waals surface area contributed by atoms with E-state index < -0.39 is 0 Å². The number of unbranched alkanes of at least 4 members (excludes halogenated alkanes) is 26. The average molecular weight is 1360 g/mol. The summed E-state index contributed by atoms with van der Waals surface area (Å²) in [4.78, 5) is 48.5. The number of amides is 2. The van der Waals surface area contributed by atoms with Crippen LogP contribution in [0.3, 0.4) is 0 Å². The first kappa shape index (κ1) is 74.2. The Morgan fingerprint density at radius 3 is 1.18 bits per heavy atom. The molecule has 0 spiro atoms. The Morgan fingerprint density at radius 1 is 0.348 bits per heavy atom. The molecular formula is C82H118N2O2S6. The number of nitrogens with zero attached hydrogens (tertiary/aromatic N) is 2. The van der Waals surface area contributed by atoms with Gasteiger partial charge in [-0.15, -0.1) is 68.0 Å². The Balaban J connectivity index is 1.08. The molecule has 2 amide bonds. The summed E-state index contributed by atoms with van der Waals surface area (Å²) in [6, 6.07) is 18.9. The maximum absolute atomic E-state index is 15.6. The maximum Gasteiger partial charge on any atom is 0.260 e. The molecule has 504 valence electrons. The number of hydrogen-bond acceptors (Lipinski definition) is 8. The number of aryl methyl sites for hydroxylation is 4. The van der Waals surface area contributed by atoms with Crippen molar-refractivity contribution in [1.29, 1.82) is 0 Å². The Hall–Kier alpha value is -3.64. The standard InChI is InChI=1S/C82H118N2O2S6/c1-9-15-21-25-27-29-31-33-35-39-45-65-55-62(8)88-79(65)75-57-73-74(90-75)58-76(91-73)80-66(46-40-36-34-32-30-28-26-22-16-10-2)56-72(92-80)71-54-51-68(89-71)50-53-70-78-77(83(82(70)86)59-63(41-19-13-5)43-37-23-17-11-3)69(52-49-67-48-47-61(7)87-67)81(85)84(78)60-64(42-20-14-6)44-38-24-18-12-4/h47-58,63-64H,9-46,59-60H2,1-8H3/b52-49+,53-50+. The number of thiophene rings is 6. The van der Waals surface area contributed by atoms with Crippen molar-refractivity contribution in [2.75, 3.05) is 13.1 Å². The number of hydrogen-bond donors (Lipinski definition) is 0. The Morgan fingerprint density at radius 2 is 0.739 bits per heavy atom. The van der Waals surface area contributed by atoms with Gasteiger partial charge < -0.3 is 9.80 Å². The van der Waals surface area contributed by atoms with Gasteiger partial charge in [0.05, 0.1) is 22.5 Å². The third-order valence-corrected chi connectivity index (χ3v) is 26.6. The number of carbonyl (C=O) groups excluding carboxylic acids is 2. The summed E-state index contributed by atoms with van der Waals surface area (Å²) in [6.07, 6.45) is 56.7. The molecular weight excluding hydrogens is 1240 g/mol. The minimum absolute atomic E-state index is 0.0547. The smallest absolute Gasteiger partial charge is 0.260 e. The molecule has 0 fully saturated rings. The van der Waals surface area contributed by atoms with E-state index in [-0.39, 0.29) is 11.8 Å². The van der Waals surface area contributed by atoms with Crippen molar-refractivity contribution in [2.24, 2.45) is 11.8 Å². The van der Waals surface area contributed by atoms with E-state index in [0.717, 1.165) is 78.9 Å². The predicted molar refractivity (Wildman–Crippen MR) is 414 cm³/mol. The lowest BCUT2D eigenvalue weighted by molar-refractivity contribution is -0.125. The molecule has 6 aromatic heterocycles. The summed E-state index contributed by atoms with van der Waals surface area (Å²) in [5.74, 6) is 0.858. The highest BCUT2D eigenvalue weighted by Crippen LogP contribution is 2.50. The van der Waals surface area contributed by atoms with Crippen LogP contribution in [-0.2, 0) is 22.4 Å². The van der Waals surface area contributed by atoms with Crippen LogP contribution in [0.4, 0.5) is 0 Å². The molecule has 0 N–H and O–H groups in total. The van der Waals surface area contributed by atoms with Gasteiger partial charge in [0, 0.05) is 71.3 Å². The molecule has 2 aliphatic heterocycles. The zero-order chi connectivity index (χ0) is 64.9. The van der Waals surface area contributed by atoms with Crippen LogP contribution in [-0.4, -0.2) is 34.7 Å². The van der Waals surface area contributed by atoms with E-state index in [1.165, 1.54) is 240 Å². The van der Waals surface area contributed by atoms with Gasteiger partial charge in [0.25, 0.3) is 11.8 Å². The van der Waals surface area contributed by atoms with Gasteiger partial charge in [-0.3, -0.25) is 9.59 Å². The number of rotatable bonds is 49. The van der Waals surface area contributed by atoms with Gasteiger partial charge in [-0.25, -0.2) is 0 Å². The molecule has 0 aliphatic carbocycles. The minimum Gasteiger partial charge on any atom is -0.305 e. The SMILES string of the molecule is CCCCCCCCCCCCc1cc(C)sc1-c1cc2sc(-c3sc(-c4ccc(/C=C/C5=C6C(=C(/C=C/c7ccc(C)s7)C(=O)N6CC(CCCC)CCCCCC)N(CC(CCCC)CCCCCC)C5=O)s4)cc3CCCCCCCCCCCC)cc2s1. The first-order valence-electron chi connectivity index (χ1n) is 37.5. The zero-order valence-corrected chi connectivity index (χ0v) is 63.4. The summed E-state index contributed by atoms with van der Waals surface area (Å²) in [7, 11) is 0. The van der Waals surface area contributed by atoms with Crippen LogP contribution in [0.25, 0.3) is 50.8 Å². The van der Waals surface area contributed by atoms with Crippen LogP contribution in [0.5, 0.6) is 0 Å². The Labute approximate surface area is 583 Å². The lowest BCUT2D eigenvalue weighted by Gasteiger charge is -2.27. The second-order valence-corrected chi connectivity index (χ2v) is 34.3. The third-order valence-electron chi connectivity index (χ3n) is 19.4. The first-order chi connectivity index (χ1) is 45.1. The van der Waals surface area contributed by atoms with E-state index in [1.54, 1.807) is 16.9 Å². The second kappa shape index (κ2) is 40.8. The highest BCUT2D eigenvalue weighted by molar-refractivity contribution is 7.34. The van der Waals surface area contributed by atoms with Crippen LogP contribution in [0, 0.1) is 25.7 Å². The molecule has 2 aliphatic rings. The molecule has 6 aromatic rings. The van der Waals surface area contributed by atoms with Gasteiger partial charge in [0.15, 0.2) is 0 Å². The maximum atomic E-state index is 15.6. The van der Waals surface area contributed by atoms with Gasteiger partial charge in [-0.05, 0) is 161 Å². The highest BCUT2D eigenvalue weighted by atomic mass is 32.1. The fourth-order valence-electron chi connectivity index (χ4n) is 14.0. The summed E-state index contributed by atoms with van der Waals surface area (Å²) in [6.45, 7) is 19.5. The van der Waals surface area contributed by atoms with E-state index in [1.807, 2.05) is 56.7 Å². The molecule has 8 rings (SSSR count). The van der Waals surface area contributed by atoms with Crippen molar-refractivity contribution in [3.05, 3.63) is 114 Å². The molecule has 92 heavy (non-hydrogen) atoms. The largest absolute Gasteiger partial charge is 0.305 e. The number of carbonyl (C=O) groups is 2. The average Bonchev–Trinajstić information content (AvgIpc) is 1.59. The fourth-order valence-corrected chi connectivity index (χ4v) is 20.8. The Kier molecular flexibility index (Phi) is 32.9. The van der Waals surface area contributed by atoms with E-state index in [0.29, 0.717) is 36.1 Å². The van der Waals surface area contributed by atoms with Crippen molar-refractivity contribution in [1.82, 2.24) is 9.80 Å². The summed E-state index contributed by atoms with van der Waals surface area (Å²) >= 11 is 11.6. The topological polar surface area (TPSA) is 40.6 Å². The van der Waals surface area contributed by atoms with Gasteiger partial charge >= 0.3 is 0 Å². The van der Waals surface area contributed by atoms with E-state index in [2.05, 4.69) is 138 Å². The molecule has 0 saturated carbocycles. The second-order valence-electron chi connectivity index (χ2n) is 27.4. The van der Waals surface area contributed by atoms with Gasteiger partial charge in [-0.1, -0.05) is 234 Å². The molecule has 0 radical (unpaired) electrons. The number of fused-ring (bicyclic) bond motifs is 2. The molecule has 0 bridgehead atoms. The molecule has 2 atom stereocenters. The summed E-state index contributed by atoms with van der Waals surface area (Å²) < 4.78 is 2.84. The van der Waals surface area contributed by atoms with Crippen LogP contribution >= 0.6 is 68.0 Å². The normalized spacial score (nSPS) is 14.5. The van der Waals surface area contributed by atoms with E-state index in [9.17, 15) is 0 Å². The molecule has 0 aromatic carbocycles. The summed E-state index contributed by atoms with van der Waals surface area (Å²) in [5, 5.41) is 0. The Bertz CT molecular complexity index is 3240. The van der Waals surface area contributed by atoms with Gasteiger partial charge in [-0.2, -0.15) is 0 Å². The molecule has 2 unspecified atom stereocenters. The molecule has 8 heterocycles. The fraction of sp³-hybridized carbons (Fsp3) is 0.610. The third kappa shape index (κ3) is 22.2. The van der Waals surface area contributed by atoms with Crippen molar-refractivity contribution in [3.8, 4) is 29.3 Å². The van der Waals surface area contributed by atoms with E-state index >= 15 is 9.59 Å². The van der Waals surface area contributed by atoms with Gasteiger partial charge in [0.2, 0.25) is 0 Å².